The van der Waals surface area contributed by atoms with E-state index in [-0.39, 0.29) is 0 Å². The number of piperidine rings is 1. The van der Waals surface area contributed by atoms with Crippen LogP contribution in [0.5, 0.6) is 0 Å². The van der Waals surface area contributed by atoms with Gasteiger partial charge in [-0.2, -0.15) is 0 Å². The summed E-state index contributed by atoms with van der Waals surface area (Å²) in [6.45, 7) is 3.91. The molecule has 3 fully saturated rings. The molecule has 0 aromatic carbocycles. The van der Waals surface area contributed by atoms with E-state index in [4.69, 9.17) is 0 Å². The Labute approximate surface area is 82.4 Å². The van der Waals surface area contributed by atoms with Gasteiger partial charge in [0.15, 0.2) is 0 Å². The number of likely N-dealkylation sites (N-methyl/N-ethyl adjacent to an activating group) is 1. The van der Waals surface area contributed by atoms with Crippen molar-refractivity contribution in [3.8, 4) is 0 Å². The summed E-state index contributed by atoms with van der Waals surface area (Å²) in [5, 5.41) is 0. The summed E-state index contributed by atoms with van der Waals surface area (Å²) < 4.78 is 2.51. The number of halogens is 1. The Balaban J connectivity index is 2.10. The fraction of sp³-hybridized carbons (Fsp3) is 1.00. The summed E-state index contributed by atoms with van der Waals surface area (Å²) in [6.07, 6.45) is 2.87. The van der Waals surface area contributed by atoms with E-state index < -0.39 is 0 Å². The zero-order valence-electron chi connectivity index (χ0n) is 6.96. The highest BCUT2D eigenvalue weighted by molar-refractivity contribution is 14.1. The number of hydrogen-bond acceptors (Lipinski definition) is 2. The van der Waals surface area contributed by atoms with Crippen LogP contribution in [0.25, 0.3) is 0 Å². The maximum absolute atomic E-state index is 2.51. The van der Waals surface area contributed by atoms with Gasteiger partial charge < -0.3 is 4.90 Å². The average Bonchev–Trinajstić information content (AvgIpc) is 2.16. The minimum atomic E-state index is 0.833. The largest absolute Gasteiger partial charge is 0.304 e. The van der Waals surface area contributed by atoms with Gasteiger partial charge in [0.05, 0.1) is 0 Å². The molecule has 2 bridgehead atoms. The predicted octanol–water partition coefficient (Wildman–Crippen LogP) is 1.36. The smallest absolute Gasteiger partial charge is 0.0321 e. The first-order valence-corrected chi connectivity index (χ1v) is 5.33. The van der Waals surface area contributed by atoms with Gasteiger partial charge in [-0.25, -0.2) is 3.11 Å². The van der Waals surface area contributed by atoms with Crippen molar-refractivity contribution in [2.45, 2.75) is 18.9 Å². The Morgan fingerprint density at radius 3 is 2.73 bits per heavy atom. The van der Waals surface area contributed by atoms with Crippen molar-refractivity contribution < 1.29 is 0 Å². The SMILES string of the molecule is CN1CC2CCC(C1)N(I)C2. The van der Waals surface area contributed by atoms with Gasteiger partial charge in [-0.3, -0.25) is 0 Å². The van der Waals surface area contributed by atoms with E-state index in [0.717, 1.165) is 12.0 Å². The molecule has 0 radical (unpaired) electrons. The van der Waals surface area contributed by atoms with Gasteiger partial charge in [0.1, 0.15) is 0 Å². The molecule has 3 saturated heterocycles. The van der Waals surface area contributed by atoms with Gasteiger partial charge in [0, 0.05) is 48.5 Å². The Morgan fingerprint density at radius 2 is 2.00 bits per heavy atom. The lowest BCUT2D eigenvalue weighted by Crippen LogP contribution is -2.36. The molecule has 3 aliphatic rings. The highest BCUT2D eigenvalue weighted by atomic mass is 127. The Hall–Kier alpha value is 0.650. The predicted molar refractivity (Wildman–Crippen MR) is 54.7 cm³/mol. The minimum Gasteiger partial charge on any atom is -0.304 e. The lowest BCUT2D eigenvalue weighted by atomic mass is 9.97. The van der Waals surface area contributed by atoms with Gasteiger partial charge >= 0.3 is 0 Å². The summed E-state index contributed by atoms with van der Waals surface area (Å²) in [5.41, 5.74) is 0. The second-order valence-electron chi connectivity index (χ2n) is 3.90. The molecule has 11 heavy (non-hydrogen) atoms. The average molecular weight is 266 g/mol. The molecule has 2 atom stereocenters. The van der Waals surface area contributed by atoms with E-state index >= 15 is 0 Å². The molecule has 2 unspecified atom stereocenters. The molecule has 3 aliphatic heterocycles. The van der Waals surface area contributed by atoms with Gasteiger partial charge in [0.25, 0.3) is 0 Å². The zero-order valence-corrected chi connectivity index (χ0v) is 9.12. The standard InChI is InChI=1S/C8H15IN2/c1-10-4-7-2-3-8(6-10)11(9)5-7/h7-8H,2-6H2,1H3. The van der Waals surface area contributed by atoms with Crippen LogP contribution in [0.15, 0.2) is 0 Å². The molecular weight excluding hydrogens is 251 g/mol. The monoisotopic (exact) mass is 266 g/mol. The van der Waals surface area contributed by atoms with Crippen molar-refractivity contribution in [1.82, 2.24) is 8.01 Å². The molecule has 64 valence electrons. The maximum Gasteiger partial charge on any atom is 0.0321 e. The fourth-order valence-electron chi connectivity index (χ4n) is 2.26. The van der Waals surface area contributed by atoms with E-state index in [9.17, 15) is 0 Å². The van der Waals surface area contributed by atoms with Crippen LogP contribution in [0.1, 0.15) is 12.8 Å². The Morgan fingerprint density at radius 1 is 1.18 bits per heavy atom. The summed E-state index contributed by atoms with van der Waals surface area (Å²) in [5.74, 6) is 0.940. The molecule has 0 saturated carbocycles. The van der Waals surface area contributed by atoms with Gasteiger partial charge in [-0.05, 0) is 25.8 Å². The molecule has 0 amide bonds. The van der Waals surface area contributed by atoms with E-state index in [1.165, 1.54) is 32.5 Å². The molecular formula is C8H15IN2. The van der Waals surface area contributed by atoms with Crippen molar-refractivity contribution >= 4 is 22.9 Å². The highest BCUT2D eigenvalue weighted by Gasteiger charge is 2.31. The minimum absolute atomic E-state index is 0.833. The molecule has 0 spiro atoms. The molecule has 0 aromatic heterocycles. The highest BCUT2D eigenvalue weighted by Crippen LogP contribution is 2.29. The van der Waals surface area contributed by atoms with Crippen molar-refractivity contribution in [2.75, 3.05) is 26.7 Å². The van der Waals surface area contributed by atoms with E-state index in [0.29, 0.717) is 0 Å². The molecule has 0 aromatic rings. The third-order valence-electron chi connectivity index (χ3n) is 2.83. The van der Waals surface area contributed by atoms with Crippen molar-refractivity contribution in [2.24, 2.45) is 5.92 Å². The Kier molecular flexibility index (Phi) is 2.39. The van der Waals surface area contributed by atoms with E-state index in [1.54, 1.807) is 0 Å². The first kappa shape index (κ1) is 8.26. The number of nitrogens with zero attached hydrogens (tertiary/aromatic N) is 2. The molecule has 0 N–H and O–H groups in total. The molecule has 3 rings (SSSR count). The number of hydrogen-bond donors (Lipinski definition) is 0. The van der Waals surface area contributed by atoms with Crippen molar-refractivity contribution in [3.05, 3.63) is 0 Å². The first-order valence-electron chi connectivity index (χ1n) is 4.36. The van der Waals surface area contributed by atoms with Crippen LogP contribution in [0.4, 0.5) is 0 Å². The Bertz CT molecular complexity index is 149. The van der Waals surface area contributed by atoms with Crippen LogP contribution in [-0.2, 0) is 0 Å². The quantitative estimate of drug-likeness (QED) is 0.482. The van der Waals surface area contributed by atoms with Gasteiger partial charge in [0.2, 0.25) is 0 Å². The molecule has 2 nitrogen and oxygen atoms in total. The fourth-order valence-corrected chi connectivity index (χ4v) is 3.27. The van der Waals surface area contributed by atoms with Crippen LogP contribution >= 0.6 is 22.9 Å². The molecule has 3 heterocycles. The number of fused-ring (bicyclic) bond motifs is 4. The summed E-state index contributed by atoms with van der Waals surface area (Å²) >= 11 is 2.49. The molecule has 0 aliphatic carbocycles. The zero-order chi connectivity index (χ0) is 7.84. The maximum atomic E-state index is 2.51. The van der Waals surface area contributed by atoms with E-state index in [1.807, 2.05) is 0 Å². The van der Waals surface area contributed by atoms with Gasteiger partial charge in [-0.15, -0.1) is 0 Å². The summed E-state index contributed by atoms with van der Waals surface area (Å²) in [4.78, 5) is 2.49. The second-order valence-corrected chi connectivity index (χ2v) is 5.14. The van der Waals surface area contributed by atoms with Crippen molar-refractivity contribution in [1.29, 1.82) is 0 Å². The van der Waals surface area contributed by atoms with Gasteiger partial charge in [-0.1, -0.05) is 0 Å². The summed E-state index contributed by atoms with van der Waals surface area (Å²) in [6, 6.07) is 0.833. The van der Waals surface area contributed by atoms with Crippen LogP contribution in [0.2, 0.25) is 0 Å². The van der Waals surface area contributed by atoms with E-state index in [2.05, 4.69) is 37.9 Å². The number of rotatable bonds is 0. The third-order valence-corrected chi connectivity index (χ3v) is 4.01. The first-order chi connectivity index (χ1) is 5.25. The van der Waals surface area contributed by atoms with Crippen LogP contribution < -0.4 is 0 Å². The lowest BCUT2D eigenvalue weighted by Gasteiger charge is -2.30. The second kappa shape index (κ2) is 3.18. The van der Waals surface area contributed by atoms with Crippen LogP contribution in [0, 0.1) is 5.92 Å². The normalized spacial score (nSPS) is 40.9. The van der Waals surface area contributed by atoms with Crippen LogP contribution in [-0.4, -0.2) is 40.7 Å². The topological polar surface area (TPSA) is 6.48 Å². The lowest BCUT2D eigenvalue weighted by molar-refractivity contribution is 0.269. The van der Waals surface area contributed by atoms with Crippen molar-refractivity contribution in [3.63, 3.8) is 0 Å². The molecule has 3 heteroatoms. The third kappa shape index (κ3) is 1.70. The van der Waals surface area contributed by atoms with Crippen LogP contribution in [0.3, 0.4) is 0 Å². The summed E-state index contributed by atoms with van der Waals surface area (Å²) in [7, 11) is 2.25.